The first-order valence-corrected chi connectivity index (χ1v) is 12.1. The molecule has 7 heteroatoms. The van der Waals surface area contributed by atoms with E-state index in [-0.39, 0.29) is 29.3 Å². The molecule has 0 aliphatic carbocycles. The van der Waals surface area contributed by atoms with E-state index in [1.54, 1.807) is 11.1 Å². The highest BCUT2D eigenvalue weighted by molar-refractivity contribution is 5.82. The predicted molar refractivity (Wildman–Crippen MR) is 129 cm³/mol. The van der Waals surface area contributed by atoms with E-state index in [9.17, 15) is 19.9 Å². The van der Waals surface area contributed by atoms with Crippen LogP contribution in [0.1, 0.15) is 87.5 Å². The molecule has 0 saturated carbocycles. The number of hydrogen-bond donors (Lipinski definition) is 3. The minimum Gasteiger partial charge on any atom is -0.481 e. The standard InChI is InChI=1S/C26H43N3O4/c1-22(2)16-26(17-23(3,4)27-22,28-13-11-9-10-12-19(28)30)20(21(31)32)18-14-24(5,6)29(33)25(7,8)15-18/h9-11,13,18,20,27,33H,12,14-17H2,1-8H3,(H,31,32). The second-order valence-corrected chi connectivity index (χ2v) is 13.0. The summed E-state index contributed by atoms with van der Waals surface area (Å²) in [7, 11) is 0. The van der Waals surface area contributed by atoms with Crippen molar-refractivity contribution in [3.63, 3.8) is 0 Å². The minimum atomic E-state index is -0.905. The summed E-state index contributed by atoms with van der Waals surface area (Å²) in [6.45, 7) is 16.2. The molecule has 0 aromatic heterocycles. The van der Waals surface area contributed by atoms with Crippen LogP contribution in [0.3, 0.4) is 0 Å². The Morgan fingerprint density at radius 1 is 1.00 bits per heavy atom. The zero-order valence-electron chi connectivity index (χ0n) is 21.6. The highest BCUT2D eigenvalue weighted by atomic mass is 16.5. The van der Waals surface area contributed by atoms with Crippen LogP contribution in [0.2, 0.25) is 0 Å². The van der Waals surface area contributed by atoms with Crippen LogP contribution in [0, 0.1) is 11.8 Å². The van der Waals surface area contributed by atoms with Gasteiger partial charge < -0.3 is 20.5 Å². The molecule has 1 unspecified atom stereocenters. The normalized spacial score (nSPS) is 29.5. The van der Waals surface area contributed by atoms with Gasteiger partial charge in [0.1, 0.15) is 0 Å². The van der Waals surface area contributed by atoms with Gasteiger partial charge in [-0.3, -0.25) is 9.59 Å². The van der Waals surface area contributed by atoms with Crippen LogP contribution in [0.15, 0.2) is 24.4 Å². The van der Waals surface area contributed by atoms with Crippen LogP contribution < -0.4 is 5.32 Å². The lowest BCUT2D eigenvalue weighted by molar-refractivity contribution is -0.257. The smallest absolute Gasteiger partial charge is 0.309 e. The third kappa shape index (κ3) is 4.91. The van der Waals surface area contributed by atoms with E-state index >= 15 is 0 Å². The highest BCUT2D eigenvalue weighted by Crippen LogP contribution is 2.52. The summed E-state index contributed by atoms with van der Waals surface area (Å²) in [5, 5.41) is 26.7. The fraction of sp³-hybridized carbons (Fsp3) is 0.769. The molecule has 0 aromatic rings. The number of carboxylic acids is 1. The number of nitrogens with one attached hydrogen (secondary N) is 1. The number of carbonyl (C=O) groups excluding carboxylic acids is 1. The lowest BCUT2D eigenvalue weighted by Crippen LogP contribution is -2.72. The number of piperidine rings is 2. The molecule has 0 radical (unpaired) electrons. The maximum Gasteiger partial charge on any atom is 0.309 e. The second-order valence-electron chi connectivity index (χ2n) is 13.0. The van der Waals surface area contributed by atoms with Gasteiger partial charge in [-0.2, -0.15) is 5.06 Å². The molecule has 3 heterocycles. The number of carbonyl (C=O) groups is 2. The van der Waals surface area contributed by atoms with Gasteiger partial charge in [0.25, 0.3) is 0 Å². The predicted octanol–water partition coefficient (Wildman–Crippen LogP) is 4.33. The quantitative estimate of drug-likeness (QED) is 0.577. The van der Waals surface area contributed by atoms with Gasteiger partial charge in [-0.05, 0) is 93.1 Å². The Morgan fingerprint density at radius 3 is 2.00 bits per heavy atom. The summed E-state index contributed by atoms with van der Waals surface area (Å²) in [4.78, 5) is 28.4. The maximum absolute atomic E-state index is 13.4. The van der Waals surface area contributed by atoms with Crippen molar-refractivity contribution in [2.75, 3.05) is 0 Å². The van der Waals surface area contributed by atoms with Crippen molar-refractivity contribution in [1.82, 2.24) is 15.3 Å². The summed E-state index contributed by atoms with van der Waals surface area (Å²) >= 11 is 0. The van der Waals surface area contributed by atoms with Gasteiger partial charge in [0.2, 0.25) is 5.91 Å². The van der Waals surface area contributed by atoms with E-state index in [1.807, 2.05) is 45.9 Å². The monoisotopic (exact) mass is 461 g/mol. The number of hydroxylamine groups is 2. The van der Waals surface area contributed by atoms with Crippen molar-refractivity contribution in [2.45, 2.75) is 115 Å². The van der Waals surface area contributed by atoms with E-state index in [0.29, 0.717) is 25.7 Å². The molecule has 3 aliphatic heterocycles. The van der Waals surface area contributed by atoms with Gasteiger partial charge in [-0.15, -0.1) is 0 Å². The molecular weight excluding hydrogens is 418 g/mol. The highest BCUT2D eigenvalue weighted by Gasteiger charge is 2.61. The summed E-state index contributed by atoms with van der Waals surface area (Å²) in [6, 6.07) is 0. The van der Waals surface area contributed by atoms with Gasteiger partial charge in [0.15, 0.2) is 0 Å². The Bertz CT molecular complexity index is 822. The van der Waals surface area contributed by atoms with Gasteiger partial charge in [-0.25, -0.2) is 0 Å². The summed E-state index contributed by atoms with van der Waals surface area (Å²) < 4.78 is 0. The SMILES string of the molecule is CC1(C)CC(C(C(=O)O)C2CC(C)(C)N(O)C(C)(C)C2)(N2C=CC=CCC2=O)CC(C)(C)N1. The first-order valence-electron chi connectivity index (χ1n) is 12.1. The van der Waals surface area contributed by atoms with Crippen LogP contribution >= 0.6 is 0 Å². The fourth-order valence-electron chi connectivity index (χ4n) is 7.55. The van der Waals surface area contributed by atoms with E-state index in [4.69, 9.17) is 0 Å². The average Bonchev–Trinajstić information content (AvgIpc) is 2.81. The van der Waals surface area contributed by atoms with Crippen LogP contribution in [0.5, 0.6) is 0 Å². The van der Waals surface area contributed by atoms with Crippen molar-refractivity contribution < 1.29 is 19.9 Å². The van der Waals surface area contributed by atoms with Crippen LogP contribution in [0.4, 0.5) is 0 Å². The maximum atomic E-state index is 13.4. The summed E-state index contributed by atoms with van der Waals surface area (Å²) in [5.74, 6) is -1.93. The number of amides is 1. The molecular formula is C26H43N3O4. The van der Waals surface area contributed by atoms with E-state index in [2.05, 4.69) is 33.0 Å². The van der Waals surface area contributed by atoms with Gasteiger partial charge in [-0.1, -0.05) is 12.2 Å². The first kappa shape index (κ1) is 25.9. The minimum absolute atomic E-state index is 0.0714. The topological polar surface area (TPSA) is 93.1 Å². The summed E-state index contributed by atoms with van der Waals surface area (Å²) in [5.41, 5.74) is -2.81. The third-order valence-corrected chi connectivity index (χ3v) is 7.68. The number of rotatable bonds is 4. The van der Waals surface area contributed by atoms with E-state index < -0.39 is 28.5 Å². The number of hydrogen-bond acceptors (Lipinski definition) is 5. The summed E-state index contributed by atoms with van der Waals surface area (Å²) in [6.07, 6.45) is 9.68. The molecule has 2 fully saturated rings. The molecule has 1 amide bonds. The van der Waals surface area contributed by atoms with Gasteiger partial charge in [0, 0.05) is 34.8 Å². The fourth-order valence-corrected chi connectivity index (χ4v) is 7.55. The zero-order valence-corrected chi connectivity index (χ0v) is 21.6. The molecule has 33 heavy (non-hydrogen) atoms. The molecule has 0 bridgehead atoms. The van der Waals surface area contributed by atoms with Crippen LogP contribution in [0.25, 0.3) is 0 Å². The Kier molecular flexibility index (Phi) is 6.44. The number of allylic oxidation sites excluding steroid dienone is 2. The molecule has 3 N–H and O–H groups in total. The van der Waals surface area contributed by atoms with Gasteiger partial charge in [0.05, 0.1) is 11.5 Å². The van der Waals surface area contributed by atoms with Crippen molar-refractivity contribution in [1.29, 1.82) is 0 Å². The Morgan fingerprint density at radius 2 is 1.52 bits per heavy atom. The van der Waals surface area contributed by atoms with Crippen molar-refractivity contribution in [3.05, 3.63) is 24.4 Å². The molecule has 3 rings (SSSR count). The average molecular weight is 462 g/mol. The molecule has 1 atom stereocenters. The Labute approximate surface area is 198 Å². The van der Waals surface area contributed by atoms with Gasteiger partial charge >= 0.3 is 5.97 Å². The second kappa shape index (κ2) is 8.21. The van der Waals surface area contributed by atoms with E-state index in [0.717, 1.165) is 0 Å². The molecule has 3 aliphatic rings. The molecule has 0 aromatic carbocycles. The van der Waals surface area contributed by atoms with Crippen molar-refractivity contribution in [3.8, 4) is 0 Å². The van der Waals surface area contributed by atoms with Crippen molar-refractivity contribution >= 4 is 11.9 Å². The zero-order chi connectivity index (χ0) is 25.0. The van der Waals surface area contributed by atoms with Crippen LogP contribution in [-0.2, 0) is 9.59 Å². The third-order valence-electron chi connectivity index (χ3n) is 7.68. The lowest BCUT2D eigenvalue weighted by atomic mass is 9.57. The molecule has 7 nitrogen and oxygen atoms in total. The number of carboxylic acid groups (broad SMARTS) is 1. The van der Waals surface area contributed by atoms with Crippen LogP contribution in [-0.4, -0.2) is 59.8 Å². The van der Waals surface area contributed by atoms with E-state index in [1.165, 1.54) is 5.06 Å². The number of nitrogens with zero attached hydrogens (tertiary/aromatic N) is 2. The lowest BCUT2D eigenvalue weighted by Gasteiger charge is -2.61. The molecule has 0 spiro atoms. The molecule has 2 saturated heterocycles. The number of aliphatic carboxylic acids is 1. The largest absolute Gasteiger partial charge is 0.481 e. The Hall–Kier alpha value is -1.70. The van der Waals surface area contributed by atoms with Crippen molar-refractivity contribution in [2.24, 2.45) is 11.8 Å². The first-order chi connectivity index (χ1) is 14.9. The Balaban J connectivity index is 2.21. The molecule has 186 valence electrons.